The second kappa shape index (κ2) is 14.7. The van der Waals surface area contributed by atoms with Gasteiger partial charge in [-0.15, -0.1) is 0 Å². The Bertz CT molecular complexity index is 1420. The van der Waals surface area contributed by atoms with E-state index in [1.807, 2.05) is 49.4 Å². The average Bonchev–Trinajstić information content (AvgIpc) is 2.91. The summed E-state index contributed by atoms with van der Waals surface area (Å²) in [5.74, 6) is -0.590. The highest BCUT2D eigenvalue weighted by Gasteiger charge is 2.31. The lowest BCUT2D eigenvalue weighted by molar-refractivity contribution is -0.141. The number of carbonyl (C=O) groups is 2. The van der Waals surface area contributed by atoms with E-state index in [9.17, 15) is 18.0 Å². The van der Waals surface area contributed by atoms with Crippen molar-refractivity contribution < 1.29 is 18.0 Å². The molecule has 3 aromatic rings. The Labute approximate surface area is 251 Å². The first-order valence-corrected chi connectivity index (χ1v) is 15.8. The smallest absolute Gasteiger partial charge is 0.243 e. The molecule has 0 aliphatic carbocycles. The molecule has 0 fully saturated rings. The normalized spacial score (nSPS) is 12.0. The summed E-state index contributed by atoms with van der Waals surface area (Å²) in [5, 5.41) is 3.89. The predicted molar refractivity (Wildman–Crippen MR) is 163 cm³/mol. The Hall–Kier alpha value is -2.78. The minimum atomic E-state index is -3.72. The summed E-state index contributed by atoms with van der Waals surface area (Å²) in [6, 6.07) is 20.4. The second-order valence-corrected chi connectivity index (χ2v) is 12.4. The molecular formula is C29H32Cl3N3O4S. The molecule has 0 saturated heterocycles. The maximum atomic E-state index is 13.8. The first kappa shape index (κ1) is 31.7. The predicted octanol–water partition coefficient (Wildman–Crippen LogP) is 5.97. The van der Waals surface area contributed by atoms with Crippen LogP contribution in [0.2, 0.25) is 15.1 Å². The van der Waals surface area contributed by atoms with Crippen LogP contribution in [0.1, 0.15) is 30.9 Å². The van der Waals surface area contributed by atoms with Crippen molar-refractivity contribution in [3.63, 3.8) is 0 Å². The zero-order valence-electron chi connectivity index (χ0n) is 22.3. The topological polar surface area (TPSA) is 86.8 Å². The molecule has 0 aromatic heterocycles. The van der Waals surface area contributed by atoms with Crippen molar-refractivity contribution in [2.45, 2.75) is 38.8 Å². The summed E-state index contributed by atoms with van der Waals surface area (Å²) in [6.45, 7) is 2.33. The Morgan fingerprint density at radius 3 is 2.25 bits per heavy atom. The molecule has 0 unspecified atom stereocenters. The number of nitrogens with one attached hydrogen (secondary N) is 1. The van der Waals surface area contributed by atoms with Crippen LogP contribution in [-0.4, -0.2) is 50.5 Å². The maximum Gasteiger partial charge on any atom is 0.243 e. The van der Waals surface area contributed by atoms with Crippen molar-refractivity contribution >= 4 is 62.3 Å². The lowest BCUT2D eigenvalue weighted by Crippen LogP contribution is -2.50. The minimum Gasteiger partial charge on any atom is -0.355 e. The van der Waals surface area contributed by atoms with Crippen LogP contribution in [0, 0.1) is 0 Å². The zero-order chi connectivity index (χ0) is 29.3. The summed E-state index contributed by atoms with van der Waals surface area (Å²) in [7, 11) is -3.72. The fourth-order valence-corrected chi connectivity index (χ4v) is 5.92. The van der Waals surface area contributed by atoms with Crippen molar-refractivity contribution in [3.05, 3.63) is 99.0 Å². The molecule has 2 amide bonds. The highest BCUT2D eigenvalue weighted by molar-refractivity contribution is 7.92. The Morgan fingerprint density at radius 2 is 1.60 bits per heavy atom. The van der Waals surface area contributed by atoms with Gasteiger partial charge in [-0.2, -0.15) is 0 Å². The van der Waals surface area contributed by atoms with Crippen LogP contribution in [0.4, 0.5) is 5.69 Å². The first-order valence-electron chi connectivity index (χ1n) is 12.8. The molecular weight excluding hydrogens is 593 g/mol. The molecule has 0 aliphatic rings. The summed E-state index contributed by atoms with van der Waals surface area (Å²) in [5.41, 5.74) is 1.83. The molecule has 214 valence electrons. The van der Waals surface area contributed by atoms with E-state index >= 15 is 0 Å². The third kappa shape index (κ3) is 8.86. The number of anilines is 1. The quantitative estimate of drug-likeness (QED) is 0.254. The highest BCUT2D eigenvalue weighted by atomic mass is 35.5. The lowest BCUT2D eigenvalue weighted by Gasteiger charge is -2.32. The number of nitrogens with zero attached hydrogens (tertiary/aromatic N) is 2. The number of halogens is 3. The van der Waals surface area contributed by atoms with Crippen LogP contribution >= 0.6 is 34.8 Å². The molecule has 0 heterocycles. The van der Waals surface area contributed by atoms with Crippen LogP contribution < -0.4 is 9.62 Å². The van der Waals surface area contributed by atoms with Crippen LogP contribution in [0.3, 0.4) is 0 Å². The number of likely N-dealkylation sites (N-methyl/N-ethyl adjacent to an activating group) is 1. The summed E-state index contributed by atoms with van der Waals surface area (Å²) in [4.78, 5) is 28.6. The van der Waals surface area contributed by atoms with E-state index in [4.69, 9.17) is 34.8 Å². The Kier molecular flexibility index (Phi) is 11.7. The van der Waals surface area contributed by atoms with Gasteiger partial charge in [-0.1, -0.05) is 83.3 Å². The van der Waals surface area contributed by atoms with E-state index in [0.29, 0.717) is 28.6 Å². The number of hydrogen-bond acceptors (Lipinski definition) is 4. The van der Waals surface area contributed by atoms with Gasteiger partial charge >= 0.3 is 0 Å². The van der Waals surface area contributed by atoms with E-state index in [1.54, 1.807) is 18.2 Å². The molecule has 3 aromatic carbocycles. The van der Waals surface area contributed by atoms with E-state index in [-0.39, 0.29) is 48.5 Å². The number of carbonyl (C=O) groups excluding carboxylic acids is 2. The summed E-state index contributed by atoms with van der Waals surface area (Å²) in [6.07, 6.45) is 1.54. The van der Waals surface area contributed by atoms with Crippen LogP contribution in [0.5, 0.6) is 0 Å². The van der Waals surface area contributed by atoms with Gasteiger partial charge in [-0.3, -0.25) is 13.9 Å². The van der Waals surface area contributed by atoms with E-state index in [0.717, 1.165) is 16.1 Å². The third-order valence-corrected chi connectivity index (χ3v) is 8.35. The van der Waals surface area contributed by atoms with Crippen molar-refractivity contribution in [2.75, 3.05) is 23.7 Å². The van der Waals surface area contributed by atoms with Gasteiger partial charge in [0.05, 0.1) is 17.0 Å². The van der Waals surface area contributed by atoms with Crippen molar-refractivity contribution in [1.29, 1.82) is 0 Å². The number of amides is 2. The van der Waals surface area contributed by atoms with Gasteiger partial charge < -0.3 is 10.2 Å². The fraction of sp³-hybridized carbons (Fsp3) is 0.310. The Balaban J connectivity index is 1.89. The van der Waals surface area contributed by atoms with Crippen molar-refractivity contribution in [1.82, 2.24) is 10.2 Å². The molecule has 0 spiro atoms. The van der Waals surface area contributed by atoms with Gasteiger partial charge in [-0.05, 0) is 48.7 Å². The zero-order valence-corrected chi connectivity index (χ0v) is 25.4. The monoisotopic (exact) mass is 623 g/mol. The summed E-state index contributed by atoms with van der Waals surface area (Å²) >= 11 is 18.8. The van der Waals surface area contributed by atoms with Gasteiger partial charge in [0.25, 0.3) is 0 Å². The Morgan fingerprint density at radius 1 is 0.925 bits per heavy atom. The molecule has 0 saturated carbocycles. The molecule has 0 aliphatic heterocycles. The molecule has 3 rings (SSSR count). The molecule has 0 bridgehead atoms. The average molecular weight is 625 g/mol. The van der Waals surface area contributed by atoms with Gasteiger partial charge in [0.1, 0.15) is 6.04 Å². The molecule has 1 N–H and O–H groups in total. The SMILES string of the molecule is CCNC(=O)[C@H](Cc1ccccc1)N(Cc1ccccc1Cl)C(=O)CCCN(c1cc(Cl)ccc1Cl)S(C)(=O)=O. The third-order valence-electron chi connectivity index (χ3n) is 6.25. The van der Waals surface area contributed by atoms with Crippen molar-refractivity contribution in [2.24, 2.45) is 0 Å². The van der Waals surface area contributed by atoms with Crippen LogP contribution in [0.25, 0.3) is 0 Å². The molecule has 1 atom stereocenters. The molecule has 40 heavy (non-hydrogen) atoms. The number of hydrogen-bond donors (Lipinski definition) is 1. The van der Waals surface area contributed by atoms with E-state index in [1.165, 1.54) is 17.0 Å². The van der Waals surface area contributed by atoms with Crippen molar-refractivity contribution in [3.8, 4) is 0 Å². The van der Waals surface area contributed by atoms with Gasteiger partial charge in [0.2, 0.25) is 21.8 Å². The largest absolute Gasteiger partial charge is 0.355 e. The van der Waals surface area contributed by atoms with E-state index in [2.05, 4.69) is 5.32 Å². The van der Waals surface area contributed by atoms with Gasteiger partial charge in [-0.25, -0.2) is 8.42 Å². The van der Waals surface area contributed by atoms with Crippen LogP contribution in [0.15, 0.2) is 72.8 Å². The fourth-order valence-electron chi connectivity index (χ4n) is 4.32. The number of benzene rings is 3. The second-order valence-electron chi connectivity index (χ2n) is 9.25. The first-order chi connectivity index (χ1) is 19.0. The molecule has 0 radical (unpaired) electrons. The van der Waals surface area contributed by atoms with Gasteiger partial charge in [0, 0.05) is 42.5 Å². The molecule has 11 heteroatoms. The lowest BCUT2D eigenvalue weighted by atomic mass is 10.0. The minimum absolute atomic E-state index is 0.00488. The highest BCUT2D eigenvalue weighted by Crippen LogP contribution is 2.31. The maximum absolute atomic E-state index is 13.8. The molecule has 7 nitrogen and oxygen atoms in total. The van der Waals surface area contributed by atoms with Crippen LogP contribution in [-0.2, 0) is 32.6 Å². The number of sulfonamides is 1. The van der Waals surface area contributed by atoms with Gasteiger partial charge in [0.15, 0.2) is 0 Å². The number of rotatable bonds is 13. The van der Waals surface area contributed by atoms with E-state index < -0.39 is 16.1 Å². The standard InChI is InChI=1S/C29H32Cl3N3O4S/c1-3-33-29(37)27(18-21-10-5-4-6-11-21)34(20-22-12-7-8-13-24(22)31)28(36)14-9-17-35(40(2,38)39)26-19-23(30)15-16-25(26)32/h4-8,10-13,15-16,19,27H,3,9,14,17-18,20H2,1-2H3,(H,33,37)/t27-/m0/s1. The summed E-state index contributed by atoms with van der Waals surface area (Å²) < 4.78 is 26.4.